The number of carbonyl (C=O) groups is 3. The van der Waals surface area contributed by atoms with Gasteiger partial charge in [0.05, 0.1) is 24.7 Å². The molecule has 1 saturated carbocycles. The number of rotatable bonds is 6. The molecule has 14 heteroatoms. The van der Waals surface area contributed by atoms with Gasteiger partial charge in [-0.1, -0.05) is 0 Å². The van der Waals surface area contributed by atoms with Crippen LogP contribution < -0.4 is 9.64 Å². The normalized spacial score (nSPS) is 21.0. The van der Waals surface area contributed by atoms with Crippen LogP contribution in [0.1, 0.15) is 52.9 Å². The number of likely N-dealkylation sites (tertiary alicyclic amines) is 2. The molecule has 250 valence electrons. The summed E-state index contributed by atoms with van der Waals surface area (Å²) in [5.41, 5.74) is 1.88. The van der Waals surface area contributed by atoms with Crippen molar-refractivity contribution in [1.82, 2.24) is 34.3 Å². The number of hydrogen-bond acceptors (Lipinski definition) is 10. The Labute approximate surface area is 273 Å². The van der Waals surface area contributed by atoms with E-state index in [2.05, 4.69) is 15.0 Å². The van der Waals surface area contributed by atoms with Crippen LogP contribution >= 0.6 is 0 Å². The number of hydrogen-bond donors (Lipinski definition) is 0. The summed E-state index contributed by atoms with van der Waals surface area (Å²) in [4.78, 5) is 55.2. The molecule has 4 aliphatic rings. The molecule has 3 aromatic heterocycles. The lowest BCUT2D eigenvalue weighted by Crippen LogP contribution is -2.50. The third-order valence-corrected chi connectivity index (χ3v) is 9.03. The van der Waals surface area contributed by atoms with E-state index >= 15 is 0 Å². The number of amides is 3. The van der Waals surface area contributed by atoms with Gasteiger partial charge < -0.3 is 33.8 Å². The lowest BCUT2D eigenvalue weighted by molar-refractivity contribution is -0.130. The smallest absolute Gasteiger partial charge is 0.410 e. The standard InChI is InChI=1S/C33H42N8O6/c1-33(2,3)47-32(44)38-12-8-22(9-13-38)40-21-24(19-28(40)42)46-31(43)39-17-15-37(16-18-39)27-10-14-41-29(36-27)26(20-35-41)25-5-4-11-34-30(25)45-23-6-7-23/h4-5,10-11,14,20,22-24H,6-9,12-13,15-19,21H2,1-3H3/t24-/m1/s1. The predicted molar refractivity (Wildman–Crippen MR) is 171 cm³/mol. The van der Waals surface area contributed by atoms with Gasteiger partial charge >= 0.3 is 12.2 Å². The van der Waals surface area contributed by atoms with Crippen molar-refractivity contribution in [1.29, 1.82) is 0 Å². The van der Waals surface area contributed by atoms with Gasteiger partial charge in [0.25, 0.3) is 0 Å². The fraction of sp³-hybridized carbons (Fsp3) is 0.576. The minimum atomic E-state index is -0.547. The first-order chi connectivity index (χ1) is 22.6. The number of carbonyl (C=O) groups excluding carboxylic acids is 3. The molecule has 3 saturated heterocycles. The van der Waals surface area contributed by atoms with E-state index in [1.54, 1.807) is 26.7 Å². The van der Waals surface area contributed by atoms with Crippen LogP contribution in [-0.4, -0.2) is 122 Å². The van der Waals surface area contributed by atoms with E-state index in [4.69, 9.17) is 19.2 Å². The van der Waals surface area contributed by atoms with Crippen molar-refractivity contribution in [3.05, 3.63) is 36.8 Å². The molecule has 1 atom stereocenters. The van der Waals surface area contributed by atoms with Crippen LogP contribution in [0.3, 0.4) is 0 Å². The zero-order valence-electron chi connectivity index (χ0n) is 27.2. The molecule has 3 aromatic rings. The first-order valence-corrected chi connectivity index (χ1v) is 16.6. The summed E-state index contributed by atoms with van der Waals surface area (Å²) in [6.07, 6.45) is 8.05. The maximum Gasteiger partial charge on any atom is 0.410 e. The number of piperazine rings is 1. The average molecular weight is 647 g/mol. The summed E-state index contributed by atoms with van der Waals surface area (Å²) < 4.78 is 19.1. The van der Waals surface area contributed by atoms with E-state index in [9.17, 15) is 14.4 Å². The molecule has 3 aliphatic heterocycles. The Morgan fingerprint density at radius 1 is 0.894 bits per heavy atom. The van der Waals surface area contributed by atoms with E-state index in [1.165, 1.54) is 0 Å². The molecular formula is C33H42N8O6. The summed E-state index contributed by atoms with van der Waals surface area (Å²) in [5.74, 6) is 1.39. The van der Waals surface area contributed by atoms with Gasteiger partial charge in [0.2, 0.25) is 11.8 Å². The lowest BCUT2D eigenvalue weighted by atomic mass is 10.0. The molecule has 7 rings (SSSR count). The Hall–Kier alpha value is -4.62. The van der Waals surface area contributed by atoms with Gasteiger partial charge in [0.15, 0.2) is 5.65 Å². The van der Waals surface area contributed by atoms with E-state index in [-0.39, 0.29) is 30.6 Å². The molecule has 4 fully saturated rings. The van der Waals surface area contributed by atoms with Crippen molar-refractivity contribution < 1.29 is 28.6 Å². The predicted octanol–water partition coefficient (Wildman–Crippen LogP) is 3.59. The van der Waals surface area contributed by atoms with E-state index in [1.807, 2.05) is 50.1 Å². The van der Waals surface area contributed by atoms with Gasteiger partial charge in [-0.05, 0) is 64.7 Å². The molecule has 47 heavy (non-hydrogen) atoms. The zero-order valence-corrected chi connectivity index (χ0v) is 27.2. The molecule has 0 bridgehead atoms. The van der Waals surface area contributed by atoms with Gasteiger partial charge in [-0.25, -0.2) is 24.1 Å². The fourth-order valence-electron chi connectivity index (χ4n) is 6.41. The number of nitrogens with zero attached hydrogens (tertiary/aromatic N) is 8. The summed E-state index contributed by atoms with van der Waals surface area (Å²) in [5, 5.41) is 4.50. The number of aromatic nitrogens is 4. The second-order valence-electron chi connectivity index (χ2n) is 13.7. The highest BCUT2D eigenvalue weighted by molar-refractivity contribution is 5.81. The van der Waals surface area contributed by atoms with E-state index in [0.717, 1.165) is 29.8 Å². The Kier molecular flexibility index (Phi) is 8.27. The number of piperidine rings is 1. The van der Waals surface area contributed by atoms with Crippen LogP contribution in [0.15, 0.2) is 36.8 Å². The van der Waals surface area contributed by atoms with Crippen LogP contribution in [0, 0.1) is 0 Å². The van der Waals surface area contributed by atoms with Crippen LogP contribution in [0.2, 0.25) is 0 Å². The SMILES string of the molecule is CC(C)(C)OC(=O)N1CCC(N2C[C@H](OC(=O)N3CCN(c4ccn5ncc(-c6cccnc6OC6CC6)c5n4)CC3)CC2=O)CC1. The maximum atomic E-state index is 13.1. The molecule has 1 aliphatic carbocycles. The second kappa shape index (κ2) is 12.5. The summed E-state index contributed by atoms with van der Waals surface area (Å²) >= 11 is 0. The van der Waals surface area contributed by atoms with Crippen molar-refractivity contribution in [2.24, 2.45) is 0 Å². The zero-order chi connectivity index (χ0) is 32.7. The Balaban J connectivity index is 0.916. The van der Waals surface area contributed by atoms with E-state index < -0.39 is 17.8 Å². The molecule has 0 radical (unpaired) electrons. The van der Waals surface area contributed by atoms with Gasteiger partial charge in [-0.15, -0.1) is 0 Å². The minimum Gasteiger partial charge on any atom is -0.474 e. The van der Waals surface area contributed by atoms with Gasteiger partial charge in [0, 0.05) is 63.3 Å². The van der Waals surface area contributed by atoms with Crippen molar-refractivity contribution >= 4 is 29.6 Å². The Bertz CT molecular complexity index is 1640. The first-order valence-electron chi connectivity index (χ1n) is 16.6. The number of pyridine rings is 1. The van der Waals surface area contributed by atoms with Crippen molar-refractivity contribution in [2.75, 3.05) is 50.7 Å². The number of fused-ring (bicyclic) bond motifs is 1. The highest BCUT2D eigenvalue weighted by atomic mass is 16.6. The topological polar surface area (TPSA) is 135 Å². The quantitative estimate of drug-likeness (QED) is 0.391. The summed E-state index contributed by atoms with van der Waals surface area (Å²) in [6, 6.07) is 5.81. The van der Waals surface area contributed by atoms with Crippen molar-refractivity contribution in [2.45, 2.75) is 76.7 Å². The van der Waals surface area contributed by atoms with Crippen LogP contribution in [0.5, 0.6) is 5.88 Å². The Morgan fingerprint density at radius 3 is 2.36 bits per heavy atom. The molecule has 6 heterocycles. The number of anilines is 1. The number of ether oxygens (including phenoxy) is 3. The summed E-state index contributed by atoms with van der Waals surface area (Å²) in [7, 11) is 0. The van der Waals surface area contributed by atoms with Gasteiger partial charge in [-0.3, -0.25) is 4.79 Å². The molecule has 0 spiro atoms. The summed E-state index contributed by atoms with van der Waals surface area (Å²) in [6.45, 7) is 9.13. The fourth-order valence-corrected chi connectivity index (χ4v) is 6.41. The van der Waals surface area contributed by atoms with Crippen LogP contribution in [0.25, 0.3) is 16.8 Å². The van der Waals surface area contributed by atoms with Gasteiger partial charge in [-0.2, -0.15) is 5.10 Å². The highest BCUT2D eigenvalue weighted by Crippen LogP contribution is 2.35. The largest absolute Gasteiger partial charge is 0.474 e. The third kappa shape index (κ3) is 6.91. The maximum absolute atomic E-state index is 13.1. The van der Waals surface area contributed by atoms with Crippen molar-refractivity contribution in [3.8, 4) is 17.0 Å². The molecule has 14 nitrogen and oxygen atoms in total. The van der Waals surface area contributed by atoms with Crippen LogP contribution in [-0.2, 0) is 14.3 Å². The molecular weight excluding hydrogens is 604 g/mol. The first kappa shape index (κ1) is 31.0. The molecule has 0 aromatic carbocycles. The third-order valence-electron chi connectivity index (χ3n) is 9.03. The van der Waals surface area contributed by atoms with E-state index in [0.29, 0.717) is 70.2 Å². The Morgan fingerprint density at radius 2 is 1.64 bits per heavy atom. The second-order valence-corrected chi connectivity index (χ2v) is 13.7. The van der Waals surface area contributed by atoms with Crippen LogP contribution in [0.4, 0.5) is 15.4 Å². The molecule has 0 unspecified atom stereocenters. The van der Waals surface area contributed by atoms with Gasteiger partial charge in [0.1, 0.15) is 23.6 Å². The van der Waals surface area contributed by atoms with Crippen molar-refractivity contribution in [3.63, 3.8) is 0 Å². The molecule has 0 N–H and O–H groups in total. The minimum absolute atomic E-state index is 0.0125. The monoisotopic (exact) mass is 646 g/mol. The average Bonchev–Trinajstić information content (AvgIpc) is 3.66. The lowest BCUT2D eigenvalue weighted by Gasteiger charge is -2.37. The highest BCUT2D eigenvalue weighted by Gasteiger charge is 2.39. The molecule has 3 amide bonds.